The van der Waals surface area contributed by atoms with Crippen molar-refractivity contribution in [2.24, 2.45) is 0 Å². The van der Waals surface area contributed by atoms with Gasteiger partial charge in [0, 0.05) is 0 Å². The Bertz CT molecular complexity index is 1360. The third-order valence-corrected chi connectivity index (χ3v) is 9.95. The van der Waals surface area contributed by atoms with Crippen LogP contribution in [0.1, 0.15) is 96.6 Å². The maximum Gasteiger partial charge on any atom is 0.0719 e. The molecule has 2 nitrogen and oxygen atoms in total. The van der Waals surface area contributed by atoms with Gasteiger partial charge in [0.05, 0.1) is 17.6 Å². The molecule has 0 unspecified atom stereocenters. The fourth-order valence-corrected chi connectivity index (χ4v) is 8.12. The molecule has 0 spiro atoms. The van der Waals surface area contributed by atoms with Crippen molar-refractivity contribution in [3.8, 4) is 11.1 Å². The molecule has 7 rings (SSSR count). The molecule has 0 radical (unpaired) electrons. The summed E-state index contributed by atoms with van der Waals surface area (Å²) < 4.78 is 0. The number of hydrogen-bond acceptors (Lipinski definition) is 2. The van der Waals surface area contributed by atoms with Gasteiger partial charge in [-0.1, -0.05) is 97.1 Å². The lowest BCUT2D eigenvalue weighted by atomic mass is 9.62. The van der Waals surface area contributed by atoms with Crippen molar-refractivity contribution in [2.75, 3.05) is 0 Å². The molecule has 2 N–H and O–H groups in total. The van der Waals surface area contributed by atoms with Gasteiger partial charge in [0.1, 0.15) is 0 Å². The number of hydrogen-bond donors (Lipinski definition) is 2. The minimum atomic E-state index is -0.410. The third-order valence-electron chi connectivity index (χ3n) is 9.95. The molecule has 0 atom stereocenters. The van der Waals surface area contributed by atoms with E-state index in [0.29, 0.717) is 11.8 Å². The second kappa shape index (κ2) is 10.1. The molecule has 0 amide bonds. The summed E-state index contributed by atoms with van der Waals surface area (Å²) in [5.41, 5.74) is 10.7. The highest BCUT2D eigenvalue weighted by atomic mass is 16.3. The van der Waals surface area contributed by atoms with E-state index in [9.17, 15) is 10.2 Å². The van der Waals surface area contributed by atoms with Gasteiger partial charge in [-0.15, -0.1) is 0 Å². The van der Waals surface area contributed by atoms with E-state index in [1.54, 1.807) is 0 Å². The van der Waals surface area contributed by atoms with E-state index in [4.69, 9.17) is 0 Å². The highest BCUT2D eigenvalue weighted by molar-refractivity contribution is 5.87. The topological polar surface area (TPSA) is 40.5 Å². The summed E-state index contributed by atoms with van der Waals surface area (Å²) in [7, 11) is 0. The minimum absolute atomic E-state index is 0.169. The Labute approximate surface area is 232 Å². The van der Waals surface area contributed by atoms with E-state index in [1.807, 2.05) is 0 Å². The summed E-state index contributed by atoms with van der Waals surface area (Å²) in [5.74, 6) is 0.886. The van der Waals surface area contributed by atoms with Gasteiger partial charge in [-0.05, 0) is 108 Å². The van der Waals surface area contributed by atoms with Gasteiger partial charge in [0.2, 0.25) is 0 Å². The standard InChI is InChI=1S/C37H38O2/c38-27-21-17-25(18-22-27)29-9-1-5-13-33(29)37(34-14-6-2-10-30(34)26-19-23-28(39)24-20-26)35-15-7-3-11-31(35)32-12-4-8-16-36(32)37/h1-16,25-28,38-39H,17-24H2. The molecule has 3 aliphatic carbocycles. The summed E-state index contributed by atoms with van der Waals surface area (Å²) in [6.45, 7) is 0. The van der Waals surface area contributed by atoms with Crippen LogP contribution in [0.4, 0.5) is 0 Å². The van der Waals surface area contributed by atoms with Crippen LogP contribution in [-0.2, 0) is 5.41 Å². The molecule has 2 saturated carbocycles. The lowest BCUT2D eigenvalue weighted by Gasteiger charge is -2.40. The molecule has 3 aliphatic rings. The lowest BCUT2D eigenvalue weighted by Crippen LogP contribution is -2.33. The summed E-state index contributed by atoms with van der Waals surface area (Å²) in [6.07, 6.45) is 7.27. The second-order valence-electron chi connectivity index (χ2n) is 12.0. The van der Waals surface area contributed by atoms with Gasteiger partial charge in [-0.3, -0.25) is 0 Å². The van der Waals surface area contributed by atoms with Crippen molar-refractivity contribution in [3.05, 3.63) is 130 Å². The van der Waals surface area contributed by atoms with Crippen molar-refractivity contribution in [1.29, 1.82) is 0 Å². The highest BCUT2D eigenvalue weighted by Crippen LogP contribution is 2.59. The fraction of sp³-hybridized carbons (Fsp3) is 0.351. The Morgan fingerprint density at radius 1 is 0.410 bits per heavy atom. The molecule has 198 valence electrons. The molecular weight excluding hydrogens is 476 g/mol. The maximum absolute atomic E-state index is 10.3. The molecule has 2 fully saturated rings. The summed E-state index contributed by atoms with van der Waals surface area (Å²) >= 11 is 0. The Morgan fingerprint density at radius 3 is 1.15 bits per heavy atom. The fourth-order valence-electron chi connectivity index (χ4n) is 8.12. The minimum Gasteiger partial charge on any atom is -0.393 e. The number of aliphatic hydroxyl groups is 2. The van der Waals surface area contributed by atoms with Gasteiger partial charge >= 0.3 is 0 Å². The number of benzene rings is 4. The molecule has 4 aromatic rings. The van der Waals surface area contributed by atoms with Crippen molar-refractivity contribution in [1.82, 2.24) is 0 Å². The van der Waals surface area contributed by atoms with Crippen molar-refractivity contribution < 1.29 is 10.2 Å². The largest absolute Gasteiger partial charge is 0.393 e. The van der Waals surface area contributed by atoms with E-state index < -0.39 is 5.41 Å². The monoisotopic (exact) mass is 514 g/mol. The Kier molecular flexibility index (Phi) is 6.41. The van der Waals surface area contributed by atoms with E-state index in [2.05, 4.69) is 97.1 Å². The Morgan fingerprint density at radius 2 is 0.744 bits per heavy atom. The van der Waals surface area contributed by atoms with E-state index >= 15 is 0 Å². The first-order valence-electron chi connectivity index (χ1n) is 14.9. The van der Waals surface area contributed by atoms with Gasteiger partial charge in [0.15, 0.2) is 0 Å². The van der Waals surface area contributed by atoms with Crippen LogP contribution < -0.4 is 0 Å². The van der Waals surface area contributed by atoms with E-state index in [1.165, 1.54) is 44.5 Å². The number of rotatable bonds is 4. The van der Waals surface area contributed by atoms with Crippen LogP contribution in [0.2, 0.25) is 0 Å². The predicted molar refractivity (Wildman–Crippen MR) is 158 cm³/mol. The Hall–Kier alpha value is -3.20. The molecule has 4 aromatic carbocycles. The van der Waals surface area contributed by atoms with Gasteiger partial charge in [-0.2, -0.15) is 0 Å². The zero-order chi connectivity index (χ0) is 26.4. The van der Waals surface area contributed by atoms with Crippen LogP contribution in [0, 0.1) is 0 Å². The highest BCUT2D eigenvalue weighted by Gasteiger charge is 2.49. The van der Waals surface area contributed by atoms with Crippen LogP contribution in [-0.4, -0.2) is 22.4 Å². The molecule has 39 heavy (non-hydrogen) atoms. The average molecular weight is 515 g/mol. The number of aliphatic hydroxyl groups excluding tert-OH is 2. The first-order valence-corrected chi connectivity index (χ1v) is 14.9. The van der Waals surface area contributed by atoms with Crippen LogP contribution >= 0.6 is 0 Å². The zero-order valence-corrected chi connectivity index (χ0v) is 22.6. The second-order valence-corrected chi connectivity index (χ2v) is 12.0. The van der Waals surface area contributed by atoms with Gasteiger partial charge in [0.25, 0.3) is 0 Å². The van der Waals surface area contributed by atoms with Crippen LogP contribution in [0.3, 0.4) is 0 Å². The SMILES string of the molecule is OC1CCC(c2ccccc2C2(c3ccccc3C3CCC(O)CC3)c3ccccc3-c3ccccc32)CC1. The molecule has 0 aromatic heterocycles. The summed E-state index contributed by atoms with van der Waals surface area (Å²) in [4.78, 5) is 0. The molecule has 0 aliphatic heterocycles. The average Bonchev–Trinajstić information content (AvgIpc) is 3.29. The lowest BCUT2D eigenvalue weighted by molar-refractivity contribution is 0.122. The first kappa shape index (κ1) is 24.8. The maximum atomic E-state index is 10.3. The van der Waals surface area contributed by atoms with E-state index in [0.717, 1.165) is 51.4 Å². The van der Waals surface area contributed by atoms with Crippen molar-refractivity contribution >= 4 is 0 Å². The molecule has 0 saturated heterocycles. The summed E-state index contributed by atoms with van der Waals surface area (Å²) in [6, 6.07) is 36.5. The van der Waals surface area contributed by atoms with Gasteiger partial charge in [-0.25, -0.2) is 0 Å². The Balaban J connectivity index is 1.53. The summed E-state index contributed by atoms with van der Waals surface area (Å²) in [5, 5.41) is 20.7. The van der Waals surface area contributed by atoms with Gasteiger partial charge < -0.3 is 10.2 Å². The first-order chi connectivity index (χ1) is 19.2. The predicted octanol–water partition coefficient (Wildman–Crippen LogP) is 8.09. The normalized spacial score (nSPS) is 25.6. The molecular formula is C37H38O2. The van der Waals surface area contributed by atoms with Crippen LogP contribution in [0.5, 0.6) is 0 Å². The smallest absolute Gasteiger partial charge is 0.0719 e. The van der Waals surface area contributed by atoms with Crippen LogP contribution in [0.25, 0.3) is 11.1 Å². The molecule has 0 heterocycles. The van der Waals surface area contributed by atoms with Crippen LogP contribution in [0.15, 0.2) is 97.1 Å². The third kappa shape index (κ3) is 4.00. The van der Waals surface area contributed by atoms with Crippen molar-refractivity contribution in [2.45, 2.75) is 80.8 Å². The number of fused-ring (bicyclic) bond motifs is 3. The zero-order valence-electron chi connectivity index (χ0n) is 22.6. The molecule has 0 bridgehead atoms. The molecule has 2 heteroatoms. The van der Waals surface area contributed by atoms with E-state index in [-0.39, 0.29) is 12.2 Å². The quantitative estimate of drug-likeness (QED) is 0.254. The van der Waals surface area contributed by atoms with Crippen molar-refractivity contribution in [3.63, 3.8) is 0 Å².